The zero-order valence-corrected chi connectivity index (χ0v) is 17.4. The number of fused-ring (bicyclic) bond motifs is 1. The Balaban J connectivity index is 1.78. The highest BCUT2D eigenvalue weighted by atomic mass is 79.9. The molecule has 2 aromatic heterocycles. The average Bonchev–Trinajstić information content (AvgIpc) is 3.28. The van der Waals surface area contributed by atoms with Crippen LogP contribution in [0.2, 0.25) is 0 Å². The number of amides is 1. The first-order chi connectivity index (χ1) is 13.0. The number of furan rings is 1. The minimum absolute atomic E-state index is 0.128. The fraction of sp³-hybridized carbons (Fsp3) is 0.136. The van der Waals surface area contributed by atoms with Crippen LogP contribution in [-0.2, 0) is 6.54 Å². The number of thiophene rings is 1. The Labute approximate surface area is 170 Å². The summed E-state index contributed by atoms with van der Waals surface area (Å²) < 4.78 is 6.92. The summed E-state index contributed by atoms with van der Waals surface area (Å²) in [6, 6.07) is 17.8. The number of nitrogens with zero attached hydrogens (tertiary/aromatic N) is 1. The van der Waals surface area contributed by atoms with Crippen LogP contribution in [0.25, 0.3) is 11.0 Å². The molecule has 3 nitrogen and oxygen atoms in total. The van der Waals surface area contributed by atoms with Gasteiger partial charge in [-0.1, -0.05) is 39.7 Å². The molecule has 0 unspecified atom stereocenters. The van der Waals surface area contributed by atoms with E-state index in [4.69, 9.17) is 4.42 Å². The van der Waals surface area contributed by atoms with E-state index in [1.54, 1.807) is 16.2 Å². The Morgan fingerprint density at radius 1 is 1.11 bits per heavy atom. The predicted octanol–water partition coefficient (Wildman–Crippen LogP) is 6.72. The van der Waals surface area contributed by atoms with Gasteiger partial charge in [-0.2, -0.15) is 0 Å². The summed E-state index contributed by atoms with van der Waals surface area (Å²) in [5.41, 5.74) is 3.60. The molecule has 4 aromatic rings. The molecule has 27 heavy (non-hydrogen) atoms. The lowest BCUT2D eigenvalue weighted by atomic mass is 10.1. The highest BCUT2D eigenvalue weighted by Gasteiger charge is 2.25. The molecule has 0 saturated carbocycles. The van der Waals surface area contributed by atoms with Gasteiger partial charge in [0.25, 0.3) is 5.91 Å². The third-order valence-corrected chi connectivity index (χ3v) is 5.93. The fourth-order valence-corrected chi connectivity index (χ4v) is 4.14. The van der Waals surface area contributed by atoms with Crippen molar-refractivity contribution < 1.29 is 9.21 Å². The Bertz CT molecular complexity index is 1100. The van der Waals surface area contributed by atoms with E-state index in [0.717, 1.165) is 37.1 Å². The molecule has 136 valence electrons. The molecule has 0 aliphatic rings. The molecular weight excluding hydrogens is 422 g/mol. The molecule has 2 heterocycles. The monoisotopic (exact) mass is 439 g/mol. The van der Waals surface area contributed by atoms with Crippen LogP contribution >= 0.6 is 27.3 Å². The van der Waals surface area contributed by atoms with Crippen molar-refractivity contribution in [1.29, 1.82) is 0 Å². The minimum Gasteiger partial charge on any atom is -0.451 e. The average molecular weight is 440 g/mol. The number of hydrogen-bond donors (Lipinski definition) is 0. The maximum Gasteiger partial charge on any atom is 0.294 e. The summed E-state index contributed by atoms with van der Waals surface area (Å²) >= 11 is 5.13. The van der Waals surface area contributed by atoms with Crippen LogP contribution in [-0.4, -0.2) is 5.91 Å². The first-order valence-corrected chi connectivity index (χ1v) is 10.3. The van der Waals surface area contributed by atoms with E-state index in [2.05, 4.69) is 15.9 Å². The SMILES string of the molecule is Cc1ccc(N(Cc2cccs2)C(=O)c2oc3ccc(Br)cc3c2C)cc1. The van der Waals surface area contributed by atoms with E-state index in [0.29, 0.717) is 12.3 Å². The van der Waals surface area contributed by atoms with Crippen molar-refractivity contribution in [3.05, 3.63) is 86.2 Å². The summed E-state index contributed by atoms with van der Waals surface area (Å²) in [4.78, 5) is 16.4. The topological polar surface area (TPSA) is 33.5 Å². The van der Waals surface area contributed by atoms with Crippen LogP contribution in [0.5, 0.6) is 0 Å². The first kappa shape index (κ1) is 18.0. The van der Waals surface area contributed by atoms with Gasteiger partial charge in [0.05, 0.1) is 6.54 Å². The van der Waals surface area contributed by atoms with E-state index in [1.165, 1.54) is 0 Å². The van der Waals surface area contributed by atoms with Crippen LogP contribution in [0, 0.1) is 13.8 Å². The number of hydrogen-bond acceptors (Lipinski definition) is 3. The number of halogens is 1. The lowest BCUT2D eigenvalue weighted by Crippen LogP contribution is -2.30. The van der Waals surface area contributed by atoms with Crippen molar-refractivity contribution in [2.24, 2.45) is 0 Å². The number of carbonyl (C=O) groups is 1. The number of carbonyl (C=O) groups excluding carboxylic acids is 1. The van der Waals surface area contributed by atoms with Crippen molar-refractivity contribution in [1.82, 2.24) is 0 Å². The molecule has 0 spiro atoms. The normalized spacial score (nSPS) is 11.1. The molecule has 0 saturated heterocycles. The van der Waals surface area contributed by atoms with Crippen molar-refractivity contribution in [2.45, 2.75) is 20.4 Å². The summed E-state index contributed by atoms with van der Waals surface area (Å²) in [6.45, 7) is 4.49. The van der Waals surface area contributed by atoms with Gasteiger partial charge in [0.2, 0.25) is 0 Å². The van der Waals surface area contributed by atoms with Crippen LogP contribution in [0.15, 0.2) is 68.9 Å². The Morgan fingerprint density at radius 2 is 1.89 bits per heavy atom. The highest BCUT2D eigenvalue weighted by Crippen LogP contribution is 2.31. The Morgan fingerprint density at radius 3 is 2.59 bits per heavy atom. The molecule has 0 aliphatic heterocycles. The molecule has 0 radical (unpaired) electrons. The zero-order valence-electron chi connectivity index (χ0n) is 15.0. The van der Waals surface area contributed by atoms with Crippen LogP contribution in [0.1, 0.15) is 26.6 Å². The molecule has 0 N–H and O–H groups in total. The molecule has 0 atom stereocenters. The summed E-state index contributed by atoms with van der Waals surface area (Å²) in [6.07, 6.45) is 0. The van der Waals surface area contributed by atoms with Crippen LogP contribution in [0.3, 0.4) is 0 Å². The molecule has 2 aromatic carbocycles. The van der Waals surface area contributed by atoms with Gasteiger partial charge in [0, 0.05) is 26.0 Å². The van der Waals surface area contributed by atoms with E-state index < -0.39 is 0 Å². The molecule has 0 aliphatic carbocycles. The van der Waals surface area contributed by atoms with Gasteiger partial charge in [0.1, 0.15) is 5.58 Å². The molecule has 1 amide bonds. The molecule has 0 fully saturated rings. The van der Waals surface area contributed by atoms with Crippen molar-refractivity contribution in [2.75, 3.05) is 4.90 Å². The van der Waals surface area contributed by atoms with Gasteiger partial charge < -0.3 is 9.32 Å². The summed E-state index contributed by atoms with van der Waals surface area (Å²) in [7, 11) is 0. The van der Waals surface area contributed by atoms with Gasteiger partial charge in [-0.3, -0.25) is 4.79 Å². The second-order valence-corrected chi connectivity index (χ2v) is 8.45. The minimum atomic E-state index is -0.128. The number of rotatable bonds is 4. The highest BCUT2D eigenvalue weighted by molar-refractivity contribution is 9.10. The maximum atomic E-state index is 13.5. The number of anilines is 1. The zero-order chi connectivity index (χ0) is 19.0. The van der Waals surface area contributed by atoms with E-state index in [1.807, 2.05) is 73.8 Å². The quantitative estimate of drug-likeness (QED) is 0.353. The van der Waals surface area contributed by atoms with Crippen molar-refractivity contribution in [3.63, 3.8) is 0 Å². The van der Waals surface area contributed by atoms with Gasteiger partial charge in [-0.05, 0) is 55.6 Å². The summed E-state index contributed by atoms with van der Waals surface area (Å²) in [5.74, 6) is 0.261. The number of aryl methyl sites for hydroxylation is 2. The van der Waals surface area contributed by atoms with Crippen molar-refractivity contribution in [3.8, 4) is 0 Å². The fourth-order valence-electron chi connectivity index (χ4n) is 3.08. The van der Waals surface area contributed by atoms with Gasteiger partial charge in [-0.25, -0.2) is 0 Å². The smallest absolute Gasteiger partial charge is 0.294 e. The standard InChI is InChI=1S/C22H18BrNO2S/c1-14-5-8-17(9-6-14)24(13-18-4-3-11-27-18)22(25)21-15(2)19-12-16(23)7-10-20(19)26-21/h3-12H,13H2,1-2H3. The largest absolute Gasteiger partial charge is 0.451 e. The molecule has 0 bridgehead atoms. The third-order valence-electron chi connectivity index (χ3n) is 4.58. The van der Waals surface area contributed by atoms with Gasteiger partial charge >= 0.3 is 0 Å². The molecule has 5 heteroatoms. The Kier molecular flexibility index (Phi) is 4.89. The van der Waals surface area contributed by atoms with Gasteiger partial charge in [-0.15, -0.1) is 11.3 Å². The number of benzene rings is 2. The van der Waals surface area contributed by atoms with Gasteiger partial charge in [0.15, 0.2) is 5.76 Å². The van der Waals surface area contributed by atoms with Crippen molar-refractivity contribution >= 4 is 49.8 Å². The van der Waals surface area contributed by atoms with Crippen LogP contribution < -0.4 is 4.90 Å². The van der Waals surface area contributed by atoms with Crippen LogP contribution in [0.4, 0.5) is 5.69 Å². The molecule has 4 rings (SSSR count). The van der Waals surface area contributed by atoms with E-state index in [9.17, 15) is 4.79 Å². The van der Waals surface area contributed by atoms with E-state index >= 15 is 0 Å². The first-order valence-electron chi connectivity index (χ1n) is 8.62. The third kappa shape index (κ3) is 3.57. The van der Waals surface area contributed by atoms with E-state index in [-0.39, 0.29) is 5.91 Å². The lowest BCUT2D eigenvalue weighted by molar-refractivity contribution is 0.0960. The predicted molar refractivity (Wildman–Crippen MR) is 115 cm³/mol. The second-order valence-electron chi connectivity index (χ2n) is 6.50. The second kappa shape index (κ2) is 7.33. The summed E-state index contributed by atoms with van der Waals surface area (Å²) in [5, 5.41) is 2.98. The maximum absolute atomic E-state index is 13.5. The lowest BCUT2D eigenvalue weighted by Gasteiger charge is -2.22. The Hall–Kier alpha value is -2.37. The molecular formula is C22H18BrNO2S.